The lowest BCUT2D eigenvalue weighted by molar-refractivity contribution is 0.323. The van der Waals surface area contributed by atoms with Crippen molar-refractivity contribution in [3.05, 3.63) is 17.0 Å². The number of hydrogen-bond donors (Lipinski definition) is 1. The van der Waals surface area contributed by atoms with E-state index in [-0.39, 0.29) is 0 Å². The highest BCUT2D eigenvalue weighted by molar-refractivity contribution is 5.25. The highest BCUT2D eigenvalue weighted by Crippen LogP contribution is 2.30. The zero-order valence-electron chi connectivity index (χ0n) is 12.3. The Morgan fingerprint density at radius 3 is 2.50 bits per heavy atom. The molecule has 0 aromatic carbocycles. The summed E-state index contributed by atoms with van der Waals surface area (Å²) in [6.45, 7) is 9.70. The summed E-state index contributed by atoms with van der Waals surface area (Å²) in [6, 6.07) is 1.17. The summed E-state index contributed by atoms with van der Waals surface area (Å²) in [7, 11) is 0. The average molecular weight is 249 g/mol. The Bertz CT molecular complexity index is 387. The fourth-order valence-corrected chi connectivity index (χ4v) is 2.94. The van der Waals surface area contributed by atoms with E-state index < -0.39 is 0 Å². The van der Waals surface area contributed by atoms with Gasteiger partial charge in [0.15, 0.2) is 0 Å². The zero-order valence-corrected chi connectivity index (χ0v) is 12.3. The molecular weight excluding hydrogens is 222 g/mol. The number of aromatic nitrogens is 2. The van der Waals surface area contributed by atoms with Gasteiger partial charge in [0.05, 0.1) is 11.7 Å². The van der Waals surface area contributed by atoms with Gasteiger partial charge in [-0.1, -0.05) is 33.1 Å². The van der Waals surface area contributed by atoms with Gasteiger partial charge in [0.1, 0.15) is 0 Å². The second-order valence-electron chi connectivity index (χ2n) is 5.92. The Hall–Kier alpha value is -0.830. The molecule has 0 aliphatic heterocycles. The molecule has 1 aliphatic rings. The van der Waals surface area contributed by atoms with E-state index in [4.69, 9.17) is 5.10 Å². The van der Waals surface area contributed by atoms with Crippen molar-refractivity contribution in [2.45, 2.75) is 78.4 Å². The van der Waals surface area contributed by atoms with Crippen LogP contribution in [0.4, 0.5) is 0 Å². The molecule has 2 rings (SSSR count). The second kappa shape index (κ2) is 5.87. The van der Waals surface area contributed by atoms with Crippen LogP contribution in [0, 0.1) is 13.8 Å². The maximum atomic E-state index is 4.79. The van der Waals surface area contributed by atoms with Gasteiger partial charge in [0.25, 0.3) is 0 Å². The molecule has 1 fully saturated rings. The quantitative estimate of drug-likeness (QED) is 0.885. The van der Waals surface area contributed by atoms with Crippen LogP contribution in [0.1, 0.15) is 68.9 Å². The molecule has 0 unspecified atom stereocenters. The minimum Gasteiger partial charge on any atom is -0.310 e. The van der Waals surface area contributed by atoms with Crippen molar-refractivity contribution >= 4 is 0 Å². The fourth-order valence-electron chi connectivity index (χ4n) is 2.94. The third-order valence-corrected chi connectivity index (χ3v) is 4.08. The molecule has 18 heavy (non-hydrogen) atoms. The van der Waals surface area contributed by atoms with Gasteiger partial charge in [-0.15, -0.1) is 0 Å². The molecule has 1 aromatic rings. The lowest BCUT2D eigenvalue weighted by Gasteiger charge is -2.23. The predicted molar refractivity (Wildman–Crippen MR) is 75.8 cm³/mol. The van der Waals surface area contributed by atoms with E-state index in [0.717, 1.165) is 6.54 Å². The summed E-state index contributed by atoms with van der Waals surface area (Å²) in [5.41, 5.74) is 3.97. The van der Waals surface area contributed by atoms with E-state index in [1.807, 2.05) is 0 Å². The van der Waals surface area contributed by atoms with Crippen LogP contribution in [0.25, 0.3) is 0 Å². The van der Waals surface area contributed by atoms with Gasteiger partial charge in [-0.25, -0.2) is 0 Å². The van der Waals surface area contributed by atoms with E-state index in [0.29, 0.717) is 12.1 Å². The van der Waals surface area contributed by atoms with Crippen LogP contribution in [0.15, 0.2) is 0 Å². The van der Waals surface area contributed by atoms with E-state index in [2.05, 4.69) is 37.7 Å². The smallest absolute Gasteiger partial charge is 0.0641 e. The first-order valence-electron chi connectivity index (χ1n) is 7.37. The minimum atomic E-state index is 0.529. The SMILES string of the molecule is Cc1nn(C2CCCCC2)c(C)c1CNC(C)C. The number of rotatable bonds is 4. The Balaban J connectivity index is 2.14. The van der Waals surface area contributed by atoms with Crippen LogP contribution >= 0.6 is 0 Å². The van der Waals surface area contributed by atoms with Crippen LogP contribution in [0.3, 0.4) is 0 Å². The highest BCUT2D eigenvalue weighted by Gasteiger charge is 2.20. The Kier molecular flexibility index (Phi) is 4.44. The molecule has 3 heteroatoms. The van der Waals surface area contributed by atoms with E-state index in [1.54, 1.807) is 0 Å². The van der Waals surface area contributed by atoms with Crippen molar-refractivity contribution in [3.8, 4) is 0 Å². The Morgan fingerprint density at radius 2 is 1.89 bits per heavy atom. The molecule has 0 bridgehead atoms. The van der Waals surface area contributed by atoms with Gasteiger partial charge in [0.2, 0.25) is 0 Å². The fraction of sp³-hybridized carbons (Fsp3) is 0.800. The molecule has 1 saturated carbocycles. The molecule has 0 amide bonds. The zero-order chi connectivity index (χ0) is 13.1. The largest absolute Gasteiger partial charge is 0.310 e. The third kappa shape index (κ3) is 2.94. The first-order valence-corrected chi connectivity index (χ1v) is 7.37. The van der Waals surface area contributed by atoms with Gasteiger partial charge in [-0.2, -0.15) is 5.10 Å². The van der Waals surface area contributed by atoms with E-state index >= 15 is 0 Å². The summed E-state index contributed by atoms with van der Waals surface area (Å²) in [6.07, 6.45) is 6.74. The summed E-state index contributed by atoms with van der Waals surface area (Å²) >= 11 is 0. The topological polar surface area (TPSA) is 29.9 Å². The summed E-state index contributed by atoms with van der Waals surface area (Å²) < 4.78 is 2.30. The molecule has 0 saturated heterocycles. The normalized spacial score (nSPS) is 17.6. The lowest BCUT2D eigenvalue weighted by Crippen LogP contribution is -2.22. The predicted octanol–water partition coefficient (Wildman–Crippen LogP) is 3.50. The van der Waals surface area contributed by atoms with Crippen LogP contribution < -0.4 is 5.32 Å². The van der Waals surface area contributed by atoms with Crippen molar-refractivity contribution in [1.82, 2.24) is 15.1 Å². The number of aryl methyl sites for hydroxylation is 1. The maximum Gasteiger partial charge on any atom is 0.0641 e. The summed E-state index contributed by atoms with van der Waals surface area (Å²) in [5.74, 6) is 0. The van der Waals surface area contributed by atoms with Gasteiger partial charge in [0, 0.05) is 23.8 Å². The van der Waals surface area contributed by atoms with Crippen LogP contribution in [0.2, 0.25) is 0 Å². The average Bonchev–Trinajstić information content (AvgIpc) is 2.63. The molecule has 0 atom stereocenters. The molecule has 3 nitrogen and oxygen atoms in total. The second-order valence-corrected chi connectivity index (χ2v) is 5.92. The van der Waals surface area contributed by atoms with Gasteiger partial charge >= 0.3 is 0 Å². The Labute approximate surface area is 111 Å². The molecule has 1 heterocycles. The molecule has 0 spiro atoms. The molecule has 1 N–H and O–H groups in total. The molecule has 1 aliphatic carbocycles. The number of nitrogens with zero attached hydrogens (tertiary/aromatic N) is 2. The van der Waals surface area contributed by atoms with Crippen LogP contribution in [0.5, 0.6) is 0 Å². The van der Waals surface area contributed by atoms with Crippen molar-refractivity contribution in [3.63, 3.8) is 0 Å². The Morgan fingerprint density at radius 1 is 1.22 bits per heavy atom. The van der Waals surface area contributed by atoms with Crippen molar-refractivity contribution in [2.24, 2.45) is 0 Å². The monoisotopic (exact) mass is 249 g/mol. The van der Waals surface area contributed by atoms with Crippen molar-refractivity contribution < 1.29 is 0 Å². The minimum absolute atomic E-state index is 0.529. The molecule has 102 valence electrons. The maximum absolute atomic E-state index is 4.79. The first-order chi connectivity index (χ1) is 8.59. The summed E-state index contributed by atoms with van der Waals surface area (Å²) in [4.78, 5) is 0. The molecular formula is C15H27N3. The highest BCUT2D eigenvalue weighted by atomic mass is 15.3. The van der Waals surface area contributed by atoms with Crippen molar-refractivity contribution in [2.75, 3.05) is 0 Å². The van der Waals surface area contributed by atoms with E-state index in [1.165, 1.54) is 49.1 Å². The molecule has 1 aromatic heterocycles. The van der Waals surface area contributed by atoms with Crippen molar-refractivity contribution in [1.29, 1.82) is 0 Å². The van der Waals surface area contributed by atoms with Crippen LogP contribution in [-0.2, 0) is 6.54 Å². The third-order valence-electron chi connectivity index (χ3n) is 4.08. The molecule has 0 radical (unpaired) electrons. The van der Waals surface area contributed by atoms with Gasteiger partial charge < -0.3 is 5.32 Å². The summed E-state index contributed by atoms with van der Waals surface area (Å²) in [5, 5.41) is 8.29. The standard InChI is InChI=1S/C15H27N3/c1-11(2)16-10-15-12(3)17-18(13(15)4)14-8-6-5-7-9-14/h11,14,16H,5-10H2,1-4H3. The first kappa shape index (κ1) is 13.6. The number of nitrogens with one attached hydrogen (secondary N) is 1. The number of hydrogen-bond acceptors (Lipinski definition) is 2. The van der Waals surface area contributed by atoms with Crippen LogP contribution in [-0.4, -0.2) is 15.8 Å². The van der Waals surface area contributed by atoms with Gasteiger partial charge in [-0.05, 0) is 26.7 Å². The lowest BCUT2D eigenvalue weighted by atomic mass is 9.95. The van der Waals surface area contributed by atoms with E-state index in [9.17, 15) is 0 Å². The van der Waals surface area contributed by atoms with Gasteiger partial charge in [-0.3, -0.25) is 4.68 Å².